The van der Waals surface area contributed by atoms with Crippen molar-refractivity contribution in [3.05, 3.63) is 83.4 Å². The van der Waals surface area contributed by atoms with Crippen LogP contribution in [-0.2, 0) is 22.4 Å². The molecule has 0 saturated heterocycles. The van der Waals surface area contributed by atoms with E-state index < -0.39 is 5.97 Å². The lowest BCUT2D eigenvalue weighted by Crippen LogP contribution is -2.21. The highest BCUT2D eigenvalue weighted by atomic mass is 16.5. The van der Waals surface area contributed by atoms with Crippen molar-refractivity contribution < 1.29 is 19.4 Å². The van der Waals surface area contributed by atoms with E-state index >= 15 is 0 Å². The first-order valence-corrected chi connectivity index (χ1v) is 9.57. The lowest BCUT2D eigenvalue weighted by molar-refractivity contribution is -0.119. The molecule has 0 fully saturated rings. The van der Waals surface area contributed by atoms with Crippen LogP contribution < -0.4 is 5.32 Å². The summed E-state index contributed by atoms with van der Waals surface area (Å²) in [4.78, 5) is 24.3. The van der Waals surface area contributed by atoms with Crippen molar-refractivity contribution in [3.63, 3.8) is 0 Å². The highest BCUT2D eigenvalue weighted by Crippen LogP contribution is 2.25. The molecule has 2 N–H and O–H groups in total. The molecule has 0 atom stereocenters. The SMILES string of the molecule is O=C(COC(=O)c1ccc(-c2ccc(O)cc2)cc1)Nc1ccc2c(c1)CCC2. The van der Waals surface area contributed by atoms with Gasteiger partial charge in [0.2, 0.25) is 0 Å². The number of phenolic OH excluding ortho intramolecular Hbond substituents is 1. The largest absolute Gasteiger partial charge is 0.508 e. The number of esters is 1. The third kappa shape index (κ3) is 4.46. The van der Waals surface area contributed by atoms with Crippen LogP contribution in [0, 0.1) is 0 Å². The Kier molecular flexibility index (Phi) is 5.29. The molecule has 29 heavy (non-hydrogen) atoms. The molecular formula is C24H21NO4. The Bertz CT molecular complexity index is 1040. The van der Waals surface area contributed by atoms with Crippen LogP contribution in [0.5, 0.6) is 5.75 Å². The molecule has 0 bridgehead atoms. The van der Waals surface area contributed by atoms with Crippen LogP contribution in [0.1, 0.15) is 27.9 Å². The molecule has 1 aliphatic carbocycles. The number of rotatable bonds is 5. The number of benzene rings is 3. The number of hydrogen-bond acceptors (Lipinski definition) is 4. The number of hydrogen-bond donors (Lipinski definition) is 2. The zero-order valence-electron chi connectivity index (χ0n) is 15.9. The van der Waals surface area contributed by atoms with Crippen molar-refractivity contribution >= 4 is 17.6 Å². The number of carbonyl (C=O) groups is 2. The minimum Gasteiger partial charge on any atom is -0.508 e. The minimum atomic E-state index is -0.550. The van der Waals surface area contributed by atoms with Gasteiger partial charge < -0.3 is 15.2 Å². The number of ether oxygens (including phenoxy) is 1. The molecule has 3 aromatic rings. The molecule has 0 radical (unpaired) electrons. The van der Waals surface area contributed by atoms with Crippen molar-refractivity contribution in [2.24, 2.45) is 0 Å². The van der Waals surface area contributed by atoms with E-state index in [9.17, 15) is 14.7 Å². The van der Waals surface area contributed by atoms with Gasteiger partial charge in [-0.1, -0.05) is 30.3 Å². The van der Waals surface area contributed by atoms with Gasteiger partial charge >= 0.3 is 5.97 Å². The maximum Gasteiger partial charge on any atom is 0.338 e. The Morgan fingerprint density at radius 2 is 1.52 bits per heavy atom. The van der Waals surface area contributed by atoms with Gasteiger partial charge in [-0.25, -0.2) is 4.79 Å². The van der Waals surface area contributed by atoms with Crippen LogP contribution in [0.25, 0.3) is 11.1 Å². The molecular weight excluding hydrogens is 366 g/mol. The number of aromatic hydroxyl groups is 1. The highest BCUT2D eigenvalue weighted by molar-refractivity contribution is 5.95. The Balaban J connectivity index is 1.32. The summed E-state index contributed by atoms with van der Waals surface area (Å²) in [5.41, 5.74) is 5.55. The van der Waals surface area contributed by atoms with Gasteiger partial charge in [0.25, 0.3) is 5.91 Å². The van der Waals surface area contributed by atoms with Gasteiger partial charge in [-0.2, -0.15) is 0 Å². The van der Waals surface area contributed by atoms with Crippen molar-refractivity contribution in [1.82, 2.24) is 0 Å². The molecule has 4 rings (SSSR count). The van der Waals surface area contributed by atoms with E-state index in [4.69, 9.17) is 4.74 Å². The molecule has 1 amide bonds. The van der Waals surface area contributed by atoms with Crippen molar-refractivity contribution in [1.29, 1.82) is 0 Å². The summed E-state index contributed by atoms with van der Waals surface area (Å²) in [7, 11) is 0. The fourth-order valence-electron chi connectivity index (χ4n) is 3.51. The Labute approximate surface area is 169 Å². The normalized spacial score (nSPS) is 12.3. The van der Waals surface area contributed by atoms with E-state index in [1.807, 2.05) is 18.2 Å². The second-order valence-electron chi connectivity index (χ2n) is 7.09. The van der Waals surface area contributed by atoms with Crippen molar-refractivity contribution in [2.75, 3.05) is 11.9 Å². The summed E-state index contributed by atoms with van der Waals surface area (Å²) in [5.74, 6) is -0.713. The smallest absolute Gasteiger partial charge is 0.338 e. The van der Waals surface area contributed by atoms with Crippen LogP contribution in [0.15, 0.2) is 66.7 Å². The molecule has 0 aromatic heterocycles. The summed E-state index contributed by atoms with van der Waals surface area (Å²) in [6.07, 6.45) is 3.27. The fraction of sp³-hybridized carbons (Fsp3) is 0.167. The van der Waals surface area contributed by atoms with Gasteiger partial charge in [-0.15, -0.1) is 0 Å². The summed E-state index contributed by atoms with van der Waals surface area (Å²) in [6, 6.07) is 19.6. The fourth-order valence-corrected chi connectivity index (χ4v) is 3.51. The minimum absolute atomic E-state index is 0.201. The molecule has 3 aromatic carbocycles. The van der Waals surface area contributed by atoms with Crippen molar-refractivity contribution in [3.8, 4) is 16.9 Å². The topological polar surface area (TPSA) is 75.6 Å². The molecule has 146 valence electrons. The maximum absolute atomic E-state index is 12.2. The summed E-state index contributed by atoms with van der Waals surface area (Å²) >= 11 is 0. The van der Waals surface area contributed by atoms with Gasteiger partial charge in [-0.05, 0) is 77.9 Å². The predicted molar refractivity (Wildman–Crippen MR) is 111 cm³/mol. The number of nitrogens with one attached hydrogen (secondary N) is 1. The van der Waals surface area contributed by atoms with E-state index in [1.165, 1.54) is 11.1 Å². The number of carbonyl (C=O) groups excluding carboxylic acids is 2. The van der Waals surface area contributed by atoms with Gasteiger partial charge in [0.15, 0.2) is 6.61 Å². The Morgan fingerprint density at radius 1 is 0.862 bits per heavy atom. The molecule has 1 aliphatic rings. The molecule has 0 unspecified atom stereocenters. The number of fused-ring (bicyclic) bond motifs is 1. The average Bonchev–Trinajstić information content (AvgIpc) is 3.20. The third-order valence-electron chi connectivity index (χ3n) is 5.04. The van der Waals surface area contributed by atoms with E-state index in [0.717, 1.165) is 36.1 Å². The molecule has 5 nitrogen and oxygen atoms in total. The average molecular weight is 387 g/mol. The number of amides is 1. The number of aryl methyl sites for hydroxylation is 2. The van der Waals surface area contributed by atoms with Crippen molar-refractivity contribution in [2.45, 2.75) is 19.3 Å². The second kappa shape index (κ2) is 8.19. The Hall–Kier alpha value is -3.60. The first-order valence-electron chi connectivity index (χ1n) is 9.57. The first-order chi connectivity index (χ1) is 14.1. The van der Waals surface area contributed by atoms with E-state index in [1.54, 1.807) is 48.5 Å². The van der Waals surface area contributed by atoms with E-state index in [0.29, 0.717) is 5.56 Å². The summed E-state index contributed by atoms with van der Waals surface area (Å²) in [5, 5.41) is 12.1. The van der Waals surface area contributed by atoms with E-state index in [-0.39, 0.29) is 18.3 Å². The molecule has 0 spiro atoms. The molecule has 0 aliphatic heterocycles. The maximum atomic E-state index is 12.2. The quantitative estimate of drug-likeness (QED) is 0.639. The van der Waals surface area contributed by atoms with Gasteiger partial charge in [0.05, 0.1) is 5.56 Å². The number of anilines is 1. The number of phenols is 1. The molecule has 5 heteroatoms. The summed E-state index contributed by atoms with van der Waals surface area (Å²) in [6.45, 7) is -0.338. The lowest BCUT2D eigenvalue weighted by atomic mass is 10.0. The predicted octanol–water partition coefficient (Wildman–Crippen LogP) is 4.34. The summed E-state index contributed by atoms with van der Waals surface area (Å²) < 4.78 is 5.13. The second-order valence-corrected chi connectivity index (χ2v) is 7.09. The Morgan fingerprint density at radius 3 is 2.24 bits per heavy atom. The third-order valence-corrected chi connectivity index (χ3v) is 5.04. The van der Waals surface area contributed by atoms with Crippen LogP contribution in [-0.4, -0.2) is 23.6 Å². The van der Waals surface area contributed by atoms with Crippen LogP contribution in [0.4, 0.5) is 5.69 Å². The standard InChI is InChI=1S/C24H21NO4/c26-22-12-9-18(10-13-22)17-4-6-19(7-5-17)24(28)29-15-23(27)25-21-11-8-16-2-1-3-20(16)14-21/h4-14,26H,1-3,15H2,(H,25,27). The zero-order chi connectivity index (χ0) is 20.2. The lowest BCUT2D eigenvalue weighted by Gasteiger charge is -2.09. The van der Waals surface area contributed by atoms with Crippen LogP contribution >= 0.6 is 0 Å². The highest BCUT2D eigenvalue weighted by Gasteiger charge is 2.13. The molecule has 0 saturated carbocycles. The first kappa shape index (κ1) is 18.7. The van der Waals surface area contributed by atoms with E-state index in [2.05, 4.69) is 5.32 Å². The van der Waals surface area contributed by atoms with Crippen LogP contribution in [0.3, 0.4) is 0 Å². The van der Waals surface area contributed by atoms with Gasteiger partial charge in [0.1, 0.15) is 5.75 Å². The monoisotopic (exact) mass is 387 g/mol. The van der Waals surface area contributed by atoms with Crippen LogP contribution in [0.2, 0.25) is 0 Å². The molecule has 0 heterocycles. The van der Waals surface area contributed by atoms with Gasteiger partial charge in [-0.3, -0.25) is 4.79 Å². The van der Waals surface area contributed by atoms with Gasteiger partial charge in [0, 0.05) is 5.69 Å². The zero-order valence-corrected chi connectivity index (χ0v) is 15.9.